The number of nitrogens with one attached hydrogen (secondary N) is 1. The highest BCUT2D eigenvalue weighted by atomic mass is 16.4. The van der Waals surface area contributed by atoms with E-state index in [1.807, 2.05) is 30.3 Å². The Morgan fingerprint density at radius 1 is 1.35 bits per heavy atom. The minimum absolute atomic E-state index is 0.305. The van der Waals surface area contributed by atoms with Gasteiger partial charge in [-0.2, -0.15) is 0 Å². The molecule has 0 bridgehead atoms. The molecule has 1 aliphatic heterocycles. The van der Waals surface area contributed by atoms with Crippen LogP contribution in [0.5, 0.6) is 0 Å². The van der Waals surface area contributed by atoms with E-state index in [0.29, 0.717) is 19.6 Å². The molecule has 1 saturated heterocycles. The van der Waals surface area contributed by atoms with E-state index >= 15 is 0 Å². The molecule has 3 N–H and O–H groups in total. The van der Waals surface area contributed by atoms with Gasteiger partial charge < -0.3 is 15.5 Å². The third-order valence-electron chi connectivity index (χ3n) is 2.99. The van der Waals surface area contributed by atoms with E-state index in [1.165, 1.54) is 4.90 Å². The fraction of sp³-hybridized carbons (Fsp3) is 0.417. The summed E-state index contributed by atoms with van der Waals surface area (Å²) in [6, 6.07) is 9.03. The van der Waals surface area contributed by atoms with E-state index in [-0.39, 0.29) is 6.04 Å². The van der Waals surface area contributed by atoms with Crippen molar-refractivity contribution < 1.29 is 15.0 Å². The Morgan fingerprint density at radius 2 is 2.06 bits per heavy atom. The molecule has 1 aromatic rings. The number of carboxylic acid groups (broad SMARTS) is 1. The normalized spacial score (nSPS) is 23.6. The van der Waals surface area contributed by atoms with Crippen molar-refractivity contribution >= 4 is 6.09 Å². The fourth-order valence-corrected chi connectivity index (χ4v) is 2.08. The third kappa shape index (κ3) is 2.75. The van der Waals surface area contributed by atoms with Gasteiger partial charge in [-0.15, -0.1) is 0 Å². The SMILES string of the molecule is O=C(O)N(Cc1ccccc1)C1CNCC1O. The van der Waals surface area contributed by atoms with Crippen molar-refractivity contribution in [3.05, 3.63) is 35.9 Å². The lowest BCUT2D eigenvalue weighted by molar-refractivity contribution is 0.0705. The third-order valence-corrected chi connectivity index (χ3v) is 2.99. The zero-order valence-corrected chi connectivity index (χ0v) is 9.41. The highest BCUT2D eigenvalue weighted by Gasteiger charge is 2.33. The maximum atomic E-state index is 11.2. The van der Waals surface area contributed by atoms with Gasteiger partial charge >= 0.3 is 6.09 Å². The van der Waals surface area contributed by atoms with E-state index in [4.69, 9.17) is 0 Å². The molecule has 1 fully saturated rings. The van der Waals surface area contributed by atoms with Crippen LogP contribution in [0.4, 0.5) is 4.79 Å². The maximum Gasteiger partial charge on any atom is 0.407 e. The summed E-state index contributed by atoms with van der Waals surface area (Å²) in [6.07, 6.45) is -1.63. The van der Waals surface area contributed by atoms with E-state index in [1.54, 1.807) is 0 Å². The summed E-state index contributed by atoms with van der Waals surface area (Å²) in [7, 11) is 0. The van der Waals surface area contributed by atoms with E-state index in [0.717, 1.165) is 5.56 Å². The van der Waals surface area contributed by atoms with Crippen LogP contribution in [0.2, 0.25) is 0 Å². The number of aliphatic hydroxyl groups is 1. The minimum Gasteiger partial charge on any atom is -0.465 e. The van der Waals surface area contributed by atoms with Crippen molar-refractivity contribution in [1.29, 1.82) is 0 Å². The summed E-state index contributed by atoms with van der Waals surface area (Å²) < 4.78 is 0. The maximum absolute atomic E-state index is 11.2. The molecule has 1 amide bonds. The lowest BCUT2D eigenvalue weighted by Crippen LogP contribution is -2.45. The molecule has 0 saturated carbocycles. The molecular formula is C12H16N2O3. The van der Waals surface area contributed by atoms with Crippen LogP contribution in [0, 0.1) is 0 Å². The number of rotatable bonds is 3. The van der Waals surface area contributed by atoms with Crippen LogP contribution in [-0.2, 0) is 6.54 Å². The molecule has 2 atom stereocenters. The molecule has 2 rings (SSSR count). The Labute approximate surface area is 99.7 Å². The topological polar surface area (TPSA) is 72.8 Å². The van der Waals surface area contributed by atoms with Gasteiger partial charge in [-0.3, -0.25) is 4.90 Å². The first kappa shape index (κ1) is 11.9. The fourth-order valence-electron chi connectivity index (χ4n) is 2.08. The van der Waals surface area contributed by atoms with Crippen molar-refractivity contribution in [3.63, 3.8) is 0 Å². The Balaban J connectivity index is 2.10. The van der Waals surface area contributed by atoms with Gasteiger partial charge in [0, 0.05) is 19.6 Å². The summed E-state index contributed by atoms with van der Waals surface area (Å²) in [5.41, 5.74) is 0.925. The second kappa shape index (κ2) is 5.16. The van der Waals surface area contributed by atoms with Crippen LogP contribution in [0.25, 0.3) is 0 Å². The zero-order valence-electron chi connectivity index (χ0n) is 9.41. The van der Waals surface area contributed by atoms with Gasteiger partial charge in [0.15, 0.2) is 0 Å². The van der Waals surface area contributed by atoms with E-state index in [9.17, 15) is 15.0 Å². The average molecular weight is 236 g/mol. The number of hydrogen-bond acceptors (Lipinski definition) is 3. The van der Waals surface area contributed by atoms with Crippen molar-refractivity contribution in [2.24, 2.45) is 0 Å². The zero-order chi connectivity index (χ0) is 12.3. The molecular weight excluding hydrogens is 220 g/mol. The summed E-state index contributed by atoms with van der Waals surface area (Å²) in [5, 5.41) is 21.9. The molecule has 5 nitrogen and oxygen atoms in total. The largest absolute Gasteiger partial charge is 0.465 e. The first-order valence-electron chi connectivity index (χ1n) is 5.61. The monoisotopic (exact) mass is 236 g/mol. The molecule has 0 radical (unpaired) electrons. The van der Waals surface area contributed by atoms with Crippen molar-refractivity contribution in [2.45, 2.75) is 18.7 Å². The predicted octanol–water partition coefficient (Wildman–Crippen LogP) is 0.499. The number of carbonyl (C=O) groups is 1. The van der Waals surface area contributed by atoms with Gasteiger partial charge in [0.2, 0.25) is 0 Å². The second-order valence-electron chi connectivity index (χ2n) is 4.19. The van der Waals surface area contributed by atoms with Gasteiger partial charge in [-0.25, -0.2) is 4.79 Å². The minimum atomic E-state index is -0.999. The lowest BCUT2D eigenvalue weighted by atomic mass is 10.1. The van der Waals surface area contributed by atoms with Crippen LogP contribution in [0.3, 0.4) is 0 Å². The summed E-state index contributed by atoms with van der Waals surface area (Å²) >= 11 is 0. The van der Waals surface area contributed by atoms with Crippen LogP contribution >= 0.6 is 0 Å². The van der Waals surface area contributed by atoms with Crippen LogP contribution < -0.4 is 5.32 Å². The molecule has 2 unspecified atom stereocenters. The van der Waals surface area contributed by atoms with Crippen LogP contribution in [-0.4, -0.2) is 46.4 Å². The quantitative estimate of drug-likeness (QED) is 0.714. The molecule has 0 aliphatic carbocycles. The van der Waals surface area contributed by atoms with Crippen molar-refractivity contribution in [3.8, 4) is 0 Å². The summed E-state index contributed by atoms with van der Waals surface area (Å²) in [4.78, 5) is 12.5. The lowest BCUT2D eigenvalue weighted by Gasteiger charge is -2.27. The first-order valence-corrected chi connectivity index (χ1v) is 5.61. The second-order valence-corrected chi connectivity index (χ2v) is 4.19. The Bertz CT molecular complexity index is 383. The Hall–Kier alpha value is -1.59. The smallest absolute Gasteiger partial charge is 0.407 e. The van der Waals surface area contributed by atoms with Gasteiger partial charge in [0.05, 0.1) is 12.1 Å². The molecule has 5 heteroatoms. The van der Waals surface area contributed by atoms with Crippen molar-refractivity contribution in [2.75, 3.05) is 13.1 Å². The molecule has 1 heterocycles. The molecule has 1 aromatic carbocycles. The van der Waals surface area contributed by atoms with Gasteiger partial charge in [-0.1, -0.05) is 30.3 Å². The molecule has 92 valence electrons. The highest BCUT2D eigenvalue weighted by molar-refractivity contribution is 5.65. The van der Waals surface area contributed by atoms with Gasteiger partial charge in [-0.05, 0) is 5.56 Å². The number of nitrogens with zero attached hydrogens (tertiary/aromatic N) is 1. The number of β-amino-alcohol motifs (C(OH)–C–C–N with tert-alkyl or cyclic N) is 1. The van der Waals surface area contributed by atoms with E-state index < -0.39 is 12.2 Å². The molecule has 17 heavy (non-hydrogen) atoms. The van der Waals surface area contributed by atoms with Gasteiger partial charge in [0.25, 0.3) is 0 Å². The van der Waals surface area contributed by atoms with E-state index in [2.05, 4.69) is 5.32 Å². The first-order chi connectivity index (χ1) is 8.18. The Kier molecular flexibility index (Phi) is 3.61. The number of benzene rings is 1. The standard InChI is InChI=1S/C12H16N2O3/c15-11-7-13-6-10(11)14(12(16)17)8-9-4-2-1-3-5-9/h1-5,10-11,13,15H,6-8H2,(H,16,17). The number of aliphatic hydroxyl groups excluding tert-OH is 1. The molecule has 1 aliphatic rings. The molecule has 0 spiro atoms. The van der Waals surface area contributed by atoms with Gasteiger partial charge in [0.1, 0.15) is 0 Å². The Morgan fingerprint density at radius 3 is 2.59 bits per heavy atom. The predicted molar refractivity (Wildman–Crippen MR) is 62.7 cm³/mol. The molecule has 0 aromatic heterocycles. The number of hydrogen-bond donors (Lipinski definition) is 3. The summed E-state index contributed by atoms with van der Waals surface area (Å²) in [6.45, 7) is 1.25. The number of amides is 1. The highest BCUT2D eigenvalue weighted by Crippen LogP contribution is 2.14. The average Bonchev–Trinajstić information content (AvgIpc) is 2.73. The van der Waals surface area contributed by atoms with Crippen molar-refractivity contribution in [1.82, 2.24) is 10.2 Å². The van der Waals surface area contributed by atoms with Crippen LogP contribution in [0.1, 0.15) is 5.56 Å². The summed E-state index contributed by atoms with van der Waals surface area (Å²) in [5.74, 6) is 0. The van der Waals surface area contributed by atoms with Crippen LogP contribution in [0.15, 0.2) is 30.3 Å².